The van der Waals surface area contributed by atoms with Crippen molar-refractivity contribution in [1.82, 2.24) is 9.88 Å². The molecule has 3 rings (SSSR count). The van der Waals surface area contributed by atoms with Gasteiger partial charge in [0.25, 0.3) is 5.69 Å². The van der Waals surface area contributed by atoms with Crippen LogP contribution in [0.2, 0.25) is 0 Å². The normalized spacial score (nSPS) is 11.7. The smallest absolute Gasteiger partial charge is 0.270 e. The van der Waals surface area contributed by atoms with Crippen molar-refractivity contribution >= 4 is 48.1 Å². The van der Waals surface area contributed by atoms with E-state index in [4.69, 9.17) is 0 Å². The van der Waals surface area contributed by atoms with Crippen LogP contribution in [0.5, 0.6) is 0 Å². The Morgan fingerprint density at radius 3 is 2.48 bits per heavy atom. The number of benzene rings is 2. The van der Waals surface area contributed by atoms with Crippen LogP contribution < -0.4 is 4.90 Å². The third-order valence-corrected chi connectivity index (χ3v) is 7.16. The molecule has 0 saturated carbocycles. The quantitative estimate of drug-likeness (QED) is 0.355. The number of rotatable bonds is 9. The molecule has 0 N–H and O–H groups in total. The predicted octanol–water partition coefficient (Wildman–Crippen LogP) is 2.96. The minimum absolute atomic E-state index is 0.0696. The van der Waals surface area contributed by atoms with Crippen molar-refractivity contribution in [3.05, 3.63) is 58.6 Å². The lowest BCUT2D eigenvalue weighted by molar-refractivity contribution is -0.384. The van der Waals surface area contributed by atoms with E-state index >= 15 is 0 Å². The summed E-state index contributed by atoms with van der Waals surface area (Å²) in [5, 5.41) is 11.4. The molecule has 0 radical (unpaired) electrons. The Hall–Kier alpha value is -2.89. The monoisotopic (exact) mass is 462 g/mol. The number of aromatic nitrogens is 1. The lowest BCUT2D eigenvalue weighted by atomic mass is 10.3. The number of hydrogen-bond acceptors (Lipinski definition) is 8. The highest BCUT2D eigenvalue weighted by Gasteiger charge is 2.26. The second kappa shape index (κ2) is 9.50. The lowest BCUT2D eigenvalue weighted by Crippen LogP contribution is -2.37. The Kier molecular flexibility index (Phi) is 6.98. The van der Waals surface area contributed by atoms with E-state index in [1.54, 1.807) is 18.2 Å². The number of sulfone groups is 1. The van der Waals surface area contributed by atoms with Crippen LogP contribution >= 0.6 is 11.3 Å². The third-order valence-electron chi connectivity index (χ3n) is 4.51. The number of carbonyl (C=O) groups is 1. The number of non-ortho nitro benzene ring substituents is 1. The highest BCUT2D eigenvalue weighted by molar-refractivity contribution is 7.92. The van der Waals surface area contributed by atoms with E-state index in [0.717, 1.165) is 11.3 Å². The summed E-state index contributed by atoms with van der Waals surface area (Å²) in [7, 11) is -0.00481. The summed E-state index contributed by atoms with van der Waals surface area (Å²) < 4.78 is 26.0. The van der Waals surface area contributed by atoms with Crippen LogP contribution in [0, 0.1) is 10.1 Å². The Labute approximate surface area is 184 Å². The Morgan fingerprint density at radius 2 is 1.84 bits per heavy atom. The summed E-state index contributed by atoms with van der Waals surface area (Å²) in [4.78, 5) is 31.4. The van der Waals surface area contributed by atoms with E-state index in [-0.39, 0.29) is 17.1 Å². The van der Waals surface area contributed by atoms with E-state index in [0.29, 0.717) is 28.3 Å². The largest absolute Gasteiger partial charge is 0.309 e. The van der Waals surface area contributed by atoms with Crippen LogP contribution in [0.25, 0.3) is 10.2 Å². The van der Waals surface area contributed by atoms with Crippen molar-refractivity contribution in [3.63, 3.8) is 0 Å². The van der Waals surface area contributed by atoms with Crippen LogP contribution in [0.1, 0.15) is 6.42 Å². The first kappa shape index (κ1) is 22.8. The molecule has 164 valence electrons. The Morgan fingerprint density at radius 1 is 1.13 bits per heavy atom. The molecule has 0 aliphatic carbocycles. The van der Waals surface area contributed by atoms with Crippen LogP contribution in [-0.2, 0) is 14.6 Å². The fourth-order valence-corrected chi connectivity index (χ4v) is 5.22. The van der Waals surface area contributed by atoms with Crippen LogP contribution in [0.4, 0.5) is 10.8 Å². The molecule has 1 amide bonds. The van der Waals surface area contributed by atoms with Crippen LogP contribution in [-0.4, -0.2) is 62.1 Å². The van der Waals surface area contributed by atoms with E-state index < -0.39 is 26.4 Å². The van der Waals surface area contributed by atoms with Crippen LogP contribution in [0.15, 0.2) is 53.4 Å². The van der Waals surface area contributed by atoms with Crippen molar-refractivity contribution in [2.24, 2.45) is 0 Å². The number of hydrogen-bond donors (Lipinski definition) is 0. The average Bonchev–Trinajstić information content (AvgIpc) is 3.14. The topological polar surface area (TPSA) is 114 Å². The summed E-state index contributed by atoms with van der Waals surface area (Å²) in [5.41, 5.74) is 0.446. The summed E-state index contributed by atoms with van der Waals surface area (Å²) in [6.07, 6.45) is 0.611. The first-order chi connectivity index (χ1) is 14.7. The molecule has 0 bridgehead atoms. The van der Waals surface area contributed by atoms with Crippen LogP contribution in [0.3, 0.4) is 0 Å². The number of thiazole rings is 1. The second-order valence-corrected chi connectivity index (χ2v) is 10.2. The van der Waals surface area contributed by atoms with E-state index in [1.165, 1.54) is 35.2 Å². The van der Waals surface area contributed by atoms with Crippen molar-refractivity contribution in [2.75, 3.05) is 37.8 Å². The molecular weight excluding hydrogens is 440 g/mol. The average molecular weight is 463 g/mol. The molecule has 0 fully saturated rings. The van der Waals surface area contributed by atoms with Crippen molar-refractivity contribution in [3.8, 4) is 0 Å². The van der Waals surface area contributed by atoms with Gasteiger partial charge in [-0.2, -0.15) is 0 Å². The molecule has 1 heterocycles. The van der Waals surface area contributed by atoms with Gasteiger partial charge in [-0.3, -0.25) is 19.8 Å². The van der Waals surface area contributed by atoms with Gasteiger partial charge in [-0.1, -0.05) is 29.5 Å². The van der Waals surface area contributed by atoms with Gasteiger partial charge in [0.15, 0.2) is 15.0 Å². The van der Waals surface area contributed by atoms with Crippen molar-refractivity contribution in [1.29, 1.82) is 0 Å². The molecule has 31 heavy (non-hydrogen) atoms. The zero-order chi connectivity index (χ0) is 22.6. The van der Waals surface area contributed by atoms with Gasteiger partial charge in [0.1, 0.15) is 5.75 Å². The number of carbonyl (C=O) groups excluding carboxylic acids is 1. The molecule has 0 aliphatic rings. The summed E-state index contributed by atoms with van der Waals surface area (Å²) in [5.74, 6) is -1.27. The summed E-state index contributed by atoms with van der Waals surface area (Å²) in [6, 6.07) is 12.1. The number of fused-ring (bicyclic) bond motifs is 1. The molecule has 0 aliphatic heterocycles. The first-order valence-corrected chi connectivity index (χ1v) is 11.9. The zero-order valence-corrected chi connectivity index (χ0v) is 18.7. The van der Waals surface area contributed by atoms with Gasteiger partial charge in [-0.05, 0) is 45.3 Å². The van der Waals surface area contributed by atoms with Gasteiger partial charge in [0.05, 0.1) is 20.0 Å². The maximum atomic E-state index is 13.1. The molecule has 2 aromatic carbocycles. The summed E-state index contributed by atoms with van der Waals surface area (Å²) >= 11 is 1.13. The van der Waals surface area contributed by atoms with Gasteiger partial charge in [-0.15, -0.1) is 0 Å². The fourth-order valence-electron chi connectivity index (χ4n) is 2.95. The molecule has 0 atom stereocenters. The minimum Gasteiger partial charge on any atom is -0.309 e. The zero-order valence-electron chi connectivity index (χ0n) is 17.1. The maximum absolute atomic E-state index is 13.1. The first-order valence-electron chi connectivity index (χ1n) is 9.45. The van der Waals surface area contributed by atoms with Gasteiger partial charge < -0.3 is 4.90 Å². The Balaban J connectivity index is 1.91. The standard InChI is InChI=1S/C20H22N4O5S2/c1-22(2)11-6-12-23(19(25)14-31(28,29)16-7-4-3-5-8-16)20-21-17-10-9-15(24(26)27)13-18(17)30-20/h3-5,7-10,13H,6,11-12,14H2,1-2H3. The number of anilines is 1. The molecule has 3 aromatic rings. The van der Waals surface area contributed by atoms with E-state index in [1.807, 2.05) is 19.0 Å². The number of amides is 1. The molecule has 0 unspecified atom stereocenters. The van der Waals surface area contributed by atoms with E-state index in [2.05, 4.69) is 4.98 Å². The fraction of sp³-hybridized carbons (Fsp3) is 0.300. The minimum atomic E-state index is -3.82. The highest BCUT2D eigenvalue weighted by Crippen LogP contribution is 2.32. The Bertz CT molecular complexity index is 1190. The molecule has 1 aromatic heterocycles. The molecule has 0 spiro atoms. The van der Waals surface area contributed by atoms with E-state index in [9.17, 15) is 23.3 Å². The van der Waals surface area contributed by atoms with Gasteiger partial charge in [0.2, 0.25) is 5.91 Å². The van der Waals surface area contributed by atoms with Gasteiger partial charge >= 0.3 is 0 Å². The highest BCUT2D eigenvalue weighted by atomic mass is 32.2. The number of nitro benzene ring substituents is 1. The van der Waals surface area contributed by atoms with Gasteiger partial charge in [-0.25, -0.2) is 13.4 Å². The summed E-state index contributed by atoms with van der Waals surface area (Å²) in [6.45, 7) is 0.981. The molecule has 9 nitrogen and oxygen atoms in total. The number of nitrogens with zero attached hydrogens (tertiary/aromatic N) is 4. The van der Waals surface area contributed by atoms with Gasteiger partial charge in [0, 0.05) is 18.7 Å². The third kappa shape index (κ3) is 5.63. The number of nitro groups is 1. The van der Waals surface area contributed by atoms with Crippen molar-refractivity contribution < 1.29 is 18.1 Å². The lowest BCUT2D eigenvalue weighted by Gasteiger charge is -2.21. The maximum Gasteiger partial charge on any atom is 0.270 e. The molecule has 0 saturated heterocycles. The van der Waals surface area contributed by atoms with Crippen molar-refractivity contribution in [2.45, 2.75) is 11.3 Å². The second-order valence-electron chi connectivity index (χ2n) is 7.18. The SMILES string of the molecule is CN(C)CCCN(C(=O)CS(=O)(=O)c1ccccc1)c1nc2ccc([N+](=O)[O-])cc2s1. The molecular formula is C20H22N4O5S2. The predicted molar refractivity (Wildman–Crippen MR) is 120 cm³/mol. The molecule has 11 heteroatoms.